The first kappa shape index (κ1) is 17.1. The van der Waals surface area contributed by atoms with E-state index in [9.17, 15) is 0 Å². The van der Waals surface area contributed by atoms with Crippen LogP contribution in [0.1, 0.15) is 50.5 Å². The molecule has 1 aromatic rings. The Balaban J connectivity index is 1.48. The lowest BCUT2D eigenvalue weighted by Crippen LogP contribution is -2.38. The van der Waals surface area contributed by atoms with E-state index in [1.165, 1.54) is 37.7 Å². The van der Waals surface area contributed by atoms with Crippen molar-refractivity contribution in [1.29, 1.82) is 0 Å². The Morgan fingerprint density at radius 1 is 1.04 bits per heavy atom. The fourth-order valence-electron chi connectivity index (χ4n) is 3.79. The summed E-state index contributed by atoms with van der Waals surface area (Å²) in [5.74, 6) is 0.926. The summed E-state index contributed by atoms with van der Waals surface area (Å²) >= 11 is 6.13. The maximum atomic E-state index is 6.32. The minimum atomic E-state index is 0.454. The van der Waals surface area contributed by atoms with Crippen molar-refractivity contribution in [1.82, 2.24) is 4.90 Å². The molecule has 0 atom stereocenters. The lowest BCUT2D eigenvalue weighted by Gasteiger charge is -2.35. The fraction of sp³-hybridized carbons (Fsp3) is 0.684. The molecule has 1 aromatic carbocycles. The number of rotatable bonds is 5. The molecule has 1 saturated carbocycles. The molecule has 3 nitrogen and oxygen atoms in total. The number of ether oxygens (including phenoxy) is 2. The van der Waals surface area contributed by atoms with Crippen molar-refractivity contribution < 1.29 is 9.47 Å². The van der Waals surface area contributed by atoms with Crippen LogP contribution in [0, 0.1) is 0 Å². The van der Waals surface area contributed by atoms with Crippen molar-refractivity contribution in [3.63, 3.8) is 0 Å². The zero-order valence-corrected chi connectivity index (χ0v) is 14.9. The van der Waals surface area contributed by atoms with Crippen LogP contribution in [0.4, 0.5) is 0 Å². The van der Waals surface area contributed by atoms with E-state index in [0.717, 1.165) is 43.2 Å². The molecule has 0 amide bonds. The number of nitrogens with zero attached hydrogens (tertiary/aromatic N) is 1. The predicted octanol–water partition coefficient (Wildman–Crippen LogP) is 4.66. The summed E-state index contributed by atoms with van der Waals surface area (Å²) in [4.78, 5) is 2.48. The van der Waals surface area contributed by atoms with Crippen LogP contribution in [-0.4, -0.2) is 37.3 Å². The third-order valence-electron chi connectivity index (χ3n) is 5.11. The first-order valence-electron chi connectivity index (χ1n) is 8.95. The van der Waals surface area contributed by atoms with E-state index in [2.05, 4.69) is 4.90 Å². The van der Waals surface area contributed by atoms with Gasteiger partial charge in [-0.2, -0.15) is 0 Å². The van der Waals surface area contributed by atoms with Crippen LogP contribution in [0.3, 0.4) is 0 Å². The molecule has 0 bridgehead atoms. The maximum absolute atomic E-state index is 6.32. The van der Waals surface area contributed by atoms with E-state index in [1.54, 1.807) is 7.11 Å². The van der Waals surface area contributed by atoms with E-state index >= 15 is 0 Å². The molecular weight excluding hydrogens is 310 g/mol. The summed E-state index contributed by atoms with van der Waals surface area (Å²) in [6.07, 6.45) is 9.86. The highest BCUT2D eigenvalue weighted by Gasteiger charge is 2.24. The van der Waals surface area contributed by atoms with Gasteiger partial charge in [-0.3, -0.25) is 4.90 Å². The molecule has 2 fully saturated rings. The smallest absolute Gasteiger partial charge is 0.123 e. The first-order chi connectivity index (χ1) is 11.2. The minimum absolute atomic E-state index is 0.454. The second-order valence-electron chi connectivity index (χ2n) is 6.83. The predicted molar refractivity (Wildman–Crippen MR) is 94.3 cm³/mol. The van der Waals surface area contributed by atoms with Crippen molar-refractivity contribution in [3.05, 3.63) is 28.8 Å². The van der Waals surface area contributed by atoms with Gasteiger partial charge in [-0.25, -0.2) is 0 Å². The fourth-order valence-corrected chi connectivity index (χ4v) is 3.98. The molecular formula is C19H28ClNO2. The van der Waals surface area contributed by atoms with Crippen molar-refractivity contribution in [2.45, 2.75) is 63.7 Å². The normalized spacial score (nSPS) is 21.5. The monoisotopic (exact) mass is 337 g/mol. The maximum Gasteiger partial charge on any atom is 0.123 e. The lowest BCUT2D eigenvalue weighted by molar-refractivity contribution is -0.0566. The second-order valence-corrected chi connectivity index (χ2v) is 7.26. The molecule has 128 valence electrons. The lowest BCUT2D eigenvalue weighted by atomic mass is 9.97. The first-order valence-corrected chi connectivity index (χ1v) is 9.32. The summed E-state index contributed by atoms with van der Waals surface area (Å²) in [6.45, 7) is 3.08. The Morgan fingerprint density at radius 3 is 2.43 bits per heavy atom. The van der Waals surface area contributed by atoms with Crippen molar-refractivity contribution in [2.75, 3.05) is 20.2 Å². The van der Waals surface area contributed by atoms with Crippen LogP contribution in [-0.2, 0) is 11.3 Å². The Bertz CT molecular complexity index is 494. The largest absolute Gasteiger partial charge is 0.496 e. The van der Waals surface area contributed by atoms with Crippen LogP contribution in [0.2, 0.25) is 5.02 Å². The number of likely N-dealkylation sites (tertiary alicyclic amines) is 1. The summed E-state index contributed by atoms with van der Waals surface area (Å²) in [7, 11) is 1.72. The number of piperidine rings is 1. The molecule has 1 aliphatic heterocycles. The van der Waals surface area contributed by atoms with E-state index < -0.39 is 0 Å². The van der Waals surface area contributed by atoms with Crippen LogP contribution in [0.5, 0.6) is 5.75 Å². The molecule has 2 aliphatic rings. The summed E-state index contributed by atoms with van der Waals surface area (Å²) < 4.78 is 11.8. The van der Waals surface area contributed by atoms with Crippen LogP contribution in [0.25, 0.3) is 0 Å². The van der Waals surface area contributed by atoms with Crippen LogP contribution in [0.15, 0.2) is 18.2 Å². The van der Waals surface area contributed by atoms with Gasteiger partial charge in [0.1, 0.15) is 5.75 Å². The zero-order chi connectivity index (χ0) is 16.1. The number of halogens is 1. The van der Waals surface area contributed by atoms with E-state index in [1.807, 2.05) is 18.2 Å². The molecule has 0 spiro atoms. The molecule has 3 rings (SSSR count). The van der Waals surface area contributed by atoms with Gasteiger partial charge in [0, 0.05) is 30.2 Å². The van der Waals surface area contributed by atoms with Crippen LogP contribution >= 0.6 is 11.6 Å². The molecule has 0 unspecified atom stereocenters. The average Bonchev–Trinajstić information content (AvgIpc) is 2.58. The van der Waals surface area contributed by atoms with Crippen molar-refractivity contribution >= 4 is 11.6 Å². The quantitative estimate of drug-likeness (QED) is 0.779. The van der Waals surface area contributed by atoms with Gasteiger partial charge in [-0.05, 0) is 43.9 Å². The standard InChI is InChI=1S/C19H28ClNO2/c1-22-19-8-7-16(20)13-15(19)14-21-11-9-18(10-12-21)23-17-5-3-2-4-6-17/h7-8,13,17-18H,2-6,9-12,14H2,1H3. The zero-order valence-electron chi connectivity index (χ0n) is 14.1. The van der Waals surface area contributed by atoms with Crippen molar-refractivity contribution in [3.8, 4) is 5.75 Å². The number of hydrogen-bond donors (Lipinski definition) is 0. The molecule has 1 aliphatic carbocycles. The minimum Gasteiger partial charge on any atom is -0.496 e. The number of benzene rings is 1. The van der Waals surface area contributed by atoms with Gasteiger partial charge < -0.3 is 9.47 Å². The van der Waals surface area contributed by atoms with Gasteiger partial charge in [0.15, 0.2) is 0 Å². The molecule has 23 heavy (non-hydrogen) atoms. The van der Waals surface area contributed by atoms with E-state index in [-0.39, 0.29) is 0 Å². The average molecular weight is 338 g/mol. The van der Waals surface area contributed by atoms with Gasteiger partial charge in [0.25, 0.3) is 0 Å². The van der Waals surface area contributed by atoms with E-state index in [4.69, 9.17) is 21.1 Å². The molecule has 1 heterocycles. The molecule has 0 radical (unpaired) electrons. The highest BCUT2D eigenvalue weighted by atomic mass is 35.5. The third-order valence-corrected chi connectivity index (χ3v) is 5.34. The Kier molecular flexibility index (Phi) is 6.21. The highest BCUT2D eigenvalue weighted by molar-refractivity contribution is 6.30. The summed E-state index contributed by atoms with van der Waals surface area (Å²) in [6, 6.07) is 5.86. The summed E-state index contributed by atoms with van der Waals surface area (Å²) in [5, 5.41) is 0.774. The Morgan fingerprint density at radius 2 is 1.74 bits per heavy atom. The number of hydrogen-bond acceptors (Lipinski definition) is 3. The third kappa shape index (κ3) is 4.85. The number of methoxy groups -OCH3 is 1. The van der Waals surface area contributed by atoms with Gasteiger partial charge in [0.05, 0.1) is 19.3 Å². The van der Waals surface area contributed by atoms with Crippen molar-refractivity contribution in [2.24, 2.45) is 0 Å². The summed E-state index contributed by atoms with van der Waals surface area (Å²) in [5.41, 5.74) is 1.17. The molecule has 0 N–H and O–H groups in total. The van der Waals surface area contributed by atoms with Crippen LogP contribution < -0.4 is 4.74 Å². The van der Waals surface area contributed by atoms with Gasteiger partial charge in [-0.1, -0.05) is 30.9 Å². The Labute approximate surface area is 144 Å². The van der Waals surface area contributed by atoms with Gasteiger partial charge in [-0.15, -0.1) is 0 Å². The SMILES string of the molecule is COc1ccc(Cl)cc1CN1CCC(OC2CCCCC2)CC1. The van der Waals surface area contributed by atoms with E-state index in [0.29, 0.717) is 12.2 Å². The molecule has 4 heteroatoms. The van der Waals surface area contributed by atoms with Gasteiger partial charge in [0.2, 0.25) is 0 Å². The second kappa shape index (κ2) is 8.36. The highest BCUT2D eigenvalue weighted by Crippen LogP contribution is 2.27. The molecule has 1 saturated heterocycles. The Hall–Kier alpha value is -0.770. The van der Waals surface area contributed by atoms with Gasteiger partial charge >= 0.3 is 0 Å². The molecule has 0 aromatic heterocycles. The topological polar surface area (TPSA) is 21.7 Å².